The molecular weight excluding hydrogens is 474 g/mol. The van der Waals surface area contributed by atoms with E-state index in [-0.39, 0.29) is 0 Å². The fraction of sp³-hybridized carbons (Fsp3) is 0.583. The van der Waals surface area contributed by atoms with Crippen molar-refractivity contribution in [1.82, 2.24) is 0 Å². The van der Waals surface area contributed by atoms with E-state index in [2.05, 4.69) is 74.2 Å². The smallest absolute Gasteiger partial charge is 0.200 e. The van der Waals surface area contributed by atoms with Gasteiger partial charge >= 0.3 is 0 Å². The van der Waals surface area contributed by atoms with E-state index in [9.17, 15) is 0 Å². The first-order valence-corrected chi connectivity index (χ1v) is 19.4. The van der Waals surface area contributed by atoms with Gasteiger partial charge in [-0.3, -0.25) is 0 Å². The molecule has 3 fully saturated rings. The van der Waals surface area contributed by atoms with Gasteiger partial charge in [-0.2, -0.15) is 0 Å². The van der Waals surface area contributed by atoms with E-state index in [0.717, 1.165) is 17.8 Å². The van der Waals surface area contributed by atoms with Crippen molar-refractivity contribution in [2.45, 2.75) is 127 Å². The second-order valence-corrected chi connectivity index (χ2v) is 19.3. The molecule has 3 aromatic rings. The number of aryl methyl sites for hydroxylation is 1. The van der Waals surface area contributed by atoms with Crippen molar-refractivity contribution >= 4 is 18.8 Å². The highest BCUT2D eigenvalue weighted by atomic mass is 28.3. The van der Waals surface area contributed by atoms with Crippen molar-refractivity contribution in [3.8, 4) is 11.3 Å². The van der Waals surface area contributed by atoms with E-state index in [1.807, 2.05) is 0 Å². The molecule has 2 saturated carbocycles. The van der Waals surface area contributed by atoms with Crippen LogP contribution in [0.4, 0.5) is 0 Å². The lowest BCUT2D eigenvalue weighted by Crippen LogP contribution is -2.31. The monoisotopic (exact) mass is 524 g/mol. The Labute approximate surface area is 233 Å². The van der Waals surface area contributed by atoms with Gasteiger partial charge in [0, 0.05) is 14.1 Å². The fourth-order valence-electron chi connectivity index (χ4n) is 8.23. The predicted molar refractivity (Wildman–Crippen MR) is 166 cm³/mol. The van der Waals surface area contributed by atoms with Crippen LogP contribution in [0, 0.1) is 6.92 Å². The first-order valence-electron chi connectivity index (χ1n) is 16.0. The van der Waals surface area contributed by atoms with Crippen LogP contribution in [-0.2, 0) is 7.05 Å². The average Bonchev–Trinajstić information content (AvgIpc) is 2.94. The summed E-state index contributed by atoms with van der Waals surface area (Å²) >= 11 is 0. The van der Waals surface area contributed by atoms with Crippen LogP contribution in [0.5, 0.6) is 0 Å². The summed E-state index contributed by atoms with van der Waals surface area (Å²) < 4.78 is 2.41. The summed E-state index contributed by atoms with van der Waals surface area (Å²) in [6, 6.07) is 18.1. The van der Waals surface area contributed by atoms with Gasteiger partial charge < -0.3 is 0 Å². The normalized spacial score (nSPS) is 21.7. The second-order valence-electron chi connectivity index (χ2n) is 14.0. The predicted octanol–water partition coefficient (Wildman–Crippen LogP) is 10.3. The molecular formula is C36H50NSi+. The first kappa shape index (κ1) is 26.3. The van der Waals surface area contributed by atoms with Crippen LogP contribution in [-0.4, -0.2) is 8.07 Å². The molecule has 0 radical (unpaired) electrons. The van der Waals surface area contributed by atoms with Crippen molar-refractivity contribution in [2.24, 2.45) is 7.05 Å². The molecule has 3 aliphatic rings. The Morgan fingerprint density at radius 1 is 0.684 bits per heavy atom. The minimum absolute atomic E-state index is 0.747. The van der Waals surface area contributed by atoms with E-state index in [1.54, 1.807) is 22.3 Å². The Bertz CT molecular complexity index is 1280. The molecule has 0 spiro atoms. The molecule has 2 heterocycles. The van der Waals surface area contributed by atoms with E-state index >= 15 is 0 Å². The fourth-order valence-corrected chi connectivity index (χ4v) is 10.7. The zero-order valence-electron chi connectivity index (χ0n) is 24.6. The van der Waals surface area contributed by atoms with Gasteiger partial charge in [-0.15, -0.1) is 0 Å². The zero-order chi connectivity index (χ0) is 26.3. The molecule has 0 atom stereocenters. The number of pyridine rings is 1. The van der Waals surface area contributed by atoms with Gasteiger partial charge in [0.25, 0.3) is 0 Å². The summed E-state index contributed by atoms with van der Waals surface area (Å²) in [6.07, 6.45) is 19.1. The Morgan fingerprint density at radius 3 is 2.00 bits per heavy atom. The molecule has 1 aromatic heterocycles. The highest BCUT2D eigenvalue weighted by Gasteiger charge is 2.30. The van der Waals surface area contributed by atoms with Crippen LogP contribution in [0.2, 0.25) is 25.2 Å². The van der Waals surface area contributed by atoms with Crippen molar-refractivity contribution < 1.29 is 4.57 Å². The number of aromatic nitrogens is 1. The van der Waals surface area contributed by atoms with Gasteiger partial charge in [0.2, 0.25) is 5.69 Å². The Hall–Kier alpha value is -1.93. The average molecular weight is 525 g/mol. The van der Waals surface area contributed by atoms with Crippen LogP contribution in [0.3, 0.4) is 0 Å². The van der Waals surface area contributed by atoms with Crippen molar-refractivity contribution in [3.05, 3.63) is 64.8 Å². The largest absolute Gasteiger partial charge is 0.220 e. The number of benzene rings is 2. The maximum atomic E-state index is 2.67. The molecule has 38 heavy (non-hydrogen) atoms. The van der Waals surface area contributed by atoms with Gasteiger partial charge in [0.05, 0.1) is 10.9 Å². The number of hydrogen-bond acceptors (Lipinski definition) is 0. The first-order chi connectivity index (χ1) is 18.4. The summed E-state index contributed by atoms with van der Waals surface area (Å²) in [5.74, 6) is 2.25. The van der Waals surface area contributed by atoms with Crippen molar-refractivity contribution in [3.63, 3.8) is 0 Å². The van der Waals surface area contributed by atoms with Gasteiger partial charge in [-0.05, 0) is 103 Å². The van der Waals surface area contributed by atoms with Crippen LogP contribution in [0.25, 0.3) is 22.0 Å². The molecule has 2 aliphatic carbocycles. The Kier molecular flexibility index (Phi) is 7.55. The van der Waals surface area contributed by atoms with Crippen LogP contribution < -0.4 is 4.57 Å². The Morgan fingerprint density at radius 2 is 1.32 bits per heavy atom. The molecule has 0 amide bonds. The van der Waals surface area contributed by atoms with Crippen LogP contribution in [0.15, 0.2) is 42.6 Å². The van der Waals surface area contributed by atoms with E-state index in [4.69, 9.17) is 0 Å². The number of nitrogens with zero attached hydrogens (tertiary/aromatic N) is 1. The van der Waals surface area contributed by atoms with Gasteiger partial charge in [-0.1, -0.05) is 81.9 Å². The standard InChI is InChI=1S/C36H50NSi/c1-26-34(29-13-9-6-10-14-29)24-32(27-11-7-5-8-12-27)25-35(26)36-33-16-15-30(23-31(33)17-20-37(36)2)28-18-21-38(3,4)22-19-28/h15-17,20,23-25,27-29H,5-14,18-19,21-22H2,1-4H3/q+1. The number of fused-ring (bicyclic) bond motifs is 1. The minimum Gasteiger partial charge on any atom is -0.200 e. The topological polar surface area (TPSA) is 3.88 Å². The summed E-state index contributed by atoms with van der Waals surface area (Å²) in [5.41, 5.74) is 9.36. The molecule has 1 nitrogen and oxygen atoms in total. The van der Waals surface area contributed by atoms with E-state index in [1.165, 1.54) is 111 Å². The second kappa shape index (κ2) is 10.9. The third kappa shape index (κ3) is 5.27. The highest BCUT2D eigenvalue weighted by Crippen LogP contribution is 2.43. The molecule has 0 unspecified atom stereocenters. The Balaban J connectivity index is 1.45. The quantitative estimate of drug-likeness (QED) is 0.236. The molecule has 2 aromatic carbocycles. The number of hydrogen-bond donors (Lipinski definition) is 0. The van der Waals surface area contributed by atoms with Gasteiger partial charge in [0.15, 0.2) is 6.20 Å². The van der Waals surface area contributed by atoms with Crippen LogP contribution in [0.1, 0.15) is 117 Å². The van der Waals surface area contributed by atoms with Gasteiger partial charge in [0.1, 0.15) is 7.05 Å². The number of rotatable bonds is 4. The lowest BCUT2D eigenvalue weighted by atomic mass is 9.76. The molecule has 0 N–H and O–H groups in total. The van der Waals surface area contributed by atoms with E-state index in [0.29, 0.717) is 0 Å². The third-order valence-corrected chi connectivity index (χ3v) is 14.1. The molecule has 202 valence electrons. The summed E-state index contributed by atoms with van der Waals surface area (Å²) in [5, 5.41) is 2.86. The highest BCUT2D eigenvalue weighted by molar-refractivity contribution is 6.77. The van der Waals surface area contributed by atoms with Crippen molar-refractivity contribution in [2.75, 3.05) is 0 Å². The maximum absolute atomic E-state index is 2.67. The minimum atomic E-state index is -0.929. The SMILES string of the molecule is Cc1c(-c2c3ccc(C4CC[Si](C)(C)CC4)cc3cc[n+]2C)cc(C2CCCCC2)cc1C1CCCCC1. The molecule has 1 aliphatic heterocycles. The third-order valence-electron chi connectivity index (χ3n) is 10.8. The molecule has 0 bridgehead atoms. The molecule has 2 heteroatoms. The molecule has 1 saturated heterocycles. The summed E-state index contributed by atoms with van der Waals surface area (Å²) in [4.78, 5) is 0. The lowest BCUT2D eigenvalue weighted by Gasteiger charge is -2.33. The summed E-state index contributed by atoms with van der Waals surface area (Å²) in [7, 11) is 1.34. The van der Waals surface area contributed by atoms with Crippen LogP contribution >= 0.6 is 0 Å². The zero-order valence-corrected chi connectivity index (χ0v) is 25.6. The van der Waals surface area contributed by atoms with E-state index < -0.39 is 8.07 Å². The lowest BCUT2D eigenvalue weighted by molar-refractivity contribution is -0.659. The van der Waals surface area contributed by atoms with Crippen molar-refractivity contribution in [1.29, 1.82) is 0 Å². The molecule has 6 rings (SSSR count). The van der Waals surface area contributed by atoms with Gasteiger partial charge in [-0.25, -0.2) is 4.57 Å². The maximum Gasteiger partial charge on any atom is 0.220 e. The summed E-state index contributed by atoms with van der Waals surface area (Å²) in [6.45, 7) is 7.60.